The predicted molar refractivity (Wildman–Crippen MR) is 145 cm³/mol. The van der Waals surface area contributed by atoms with Crippen molar-refractivity contribution in [3.63, 3.8) is 0 Å². The third-order valence-corrected chi connectivity index (χ3v) is 7.37. The summed E-state index contributed by atoms with van der Waals surface area (Å²) in [5.41, 5.74) is 5.93. The molecular formula is C29H28N8O. The number of nitriles is 1. The smallest absolute Gasteiger partial charge is 0.317 e. The van der Waals surface area contributed by atoms with E-state index in [0.717, 1.165) is 52.9 Å². The summed E-state index contributed by atoms with van der Waals surface area (Å²) >= 11 is 0. The molecule has 0 radical (unpaired) electrons. The highest BCUT2D eigenvalue weighted by atomic mass is 16.1. The molecule has 2 aliphatic carbocycles. The van der Waals surface area contributed by atoms with E-state index in [0.29, 0.717) is 29.2 Å². The summed E-state index contributed by atoms with van der Waals surface area (Å²) in [5, 5.41) is 21.4. The first kappa shape index (κ1) is 22.6. The van der Waals surface area contributed by atoms with E-state index >= 15 is 0 Å². The molecule has 190 valence electrons. The summed E-state index contributed by atoms with van der Waals surface area (Å²) in [7, 11) is 1.88. The molecule has 4 heterocycles. The molecule has 2 saturated carbocycles. The maximum absolute atomic E-state index is 13.6. The minimum Gasteiger partial charge on any atom is -0.317 e. The summed E-state index contributed by atoms with van der Waals surface area (Å²) in [6, 6.07) is 16.5. The van der Waals surface area contributed by atoms with Crippen molar-refractivity contribution in [1.29, 1.82) is 5.26 Å². The second-order valence-corrected chi connectivity index (χ2v) is 10.3. The molecule has 7 rings (SSSR count). The van der Waals surface area contributed by atoms with Crippen molar-refractivity contribution < 1.29 is 1.43 Å². The van der Waals surface area contributed by atoms with E-state index in [4.69, 9.17) is 4.98 Å². The lowest BCUT2D eigenvalue weighted by Gasteiger charge is -2.13. The Morgan fingerprint density at radius 2 is 1.95 bits per heavy atom. The number of hydrogen-bond acceptors (Lipinski definition) is 6. The minimum atomic E-state index is -0.145. The molecule has 0 spiro atoms. The third kappa shape index (κ3) is 4.09. The van der Waals surface area contributed by atoms with Gasteiger partial charge in [0.1, 0.15) is 12.1 Å². The third-order valence-electron chi connectivity index (χ3n) is 7.37. The van der Waals surface area contributed by atoms with E-state index < -0.39 is 0 Å². The largest absolute Gasteiger partial charge is 0.338 e. The molecule has 0 amide bonds. The second-order valence-electron chi connectivity index (χ2n) is 10.3. The SMILES string of the molecule is Cn1cnnc1-c1cc(C#N)ccc1-c1cc(C2CC2)nc(-n2cc3ccc(CNC4CC4)cn3c2=O)c1.[HH]. The fourth-order valence-electron chi connectivity index (χ4n) is 4.93. The van der Waals surface area contributed by atoms with Gasteiger partial charge in [-0.05, 0) is 72.7 Å². The highest BCUT2D eigenvalue weighted by Gasteiger charge is 2.27. The van der Waals surface area contributed by atoms with Crippen LogP contribution in [0.2, 0.25) is 0 Å². The van der Waals surface area contributed by atoms with Gasteiger partial charge in [-0.1, -0.05) is 12.1 Å². The van der Waals surface area contributed by atoms with Crippen LogP contribution in [0, 0.1) is 11.3 Å². The van der Waals surface area contributed by atoms with E-state index in [1.807, 2.05) is 54.3 Å². The van der Waals surface area contributed by atoms with Gasteiger partial charge in [-0.3, -0.25) is 8.97 Å². The highest BCUT2D eigenvalue weighted by molar-refractivity contribution is 5.82. The number of nitrogens with zero attached hydrogens (tertiary/aromatic N) is 7. The Balaban J connectivity index is 0.00000277. The van der Waals surface area contributed by atoms with Crippen LogP contribution >= 0.6 is 0 Å². The number of pyridine rings is 2. The number of aryl methyl sites for hydroxylation is 1. The zero-order chi connectivity index (χ0) is 25.8. The Morgan fingerprint density at radius 1 is 1.08 bits per heavy atom. The molecule has 0 aliphatic heterocycles. The molecule has 5 aromatic rings. The van der Waals surface area contributed by atoms with Gasteiger partial charge in [-0.15, -0.1) is 10.2 Å². The van der Waals surface area contributed by atoms with Gasteiger partial charge in [0.05, 0.1) is 17.1 Å². The molecule has 38 heavy (non-hydrogen) atoms. The van der Waals surface area contributed by atoms with Gasteiger partial charge in [0.2, 0.25) is 0 Å². The lowest BCUT2D eigenvalue weighted by molar-refractivity contribution is 0.684. The van der Waals surface area contributed by atoms with Crippen molar-refractivity contribution >= 4 is 5.52 Å². The average Bonchev–Trinajstić information content (AvgIpc) is 3.88. The lowest BCUT2D eigenvalue weighted by atomic mass is 9.96. The van der Waals surface area contributed by atoms with E-state index in [2.05, 4.69) is 33.7 Å². The van der Waals surface area contributed by atoms with Crippen molar-refractivity contribution in [2.45, 2.75) is 44.2 Å². The maximum atomic E-state index is 13.6. The van der Waals surface area contributed by atoms with Crippen molar-refractivity contribution in [3.8, 4) is 34.4 Å². The Hall–Kier alpha value is -4.55. The van der Waals surface area contributed by atoms with Crippen LogP contribution in [-0.4, -0.2) is 34.8 Å². The number of imidazole rings is 1. The number of rotatable bonds is 7. The molecule has 0 saturated heterocycles. The standard InChI is InChI=1S/C29H26N8O.H2/c1-35-17-32-34-28(35)25-10-18(13-30)3-9-24(25)21-11-26(20-4-5-20)33-27(12-21)37-16-23-8-2-19(14-31-22-6-7-22)15-36(23)29(37)38;/h2-3,8-12,15-17,20,22,31H,4-7,14H2,1H3;1H. The lowest BCUT2D eigenvalue weighted by Crippen LogP contribution is -2.21. The number of fused-ring (bicyclic) bond motifs is 1. The van der Waals surface area contributed by atoms with Gasteiger partial charge in [0.25, 0.3) is 0 Å². The van der Waals surface area contributed by atoms with E-state index in [1.54, 1.807) is 15.3 Å². The topological polar surface area (TPSA) is 106 Å². The summed E-state index contributed by atoms with van der Waals surface area (Å²) in [4.78, 5) is 18.5. The molecular weight excluding hydrogens is 476 g/mol. The van der Waals surface area contributed by atoms with Gasteiger partial charge in [-0.25, -0.2) is 9.78 Å². The van der Waals surface area contributed by atoms with E-state index in [-0.39, 0.29) is 7.12 Å². The Kier molecular flexibility index (Phi) is 5.23. The first-order chi connectivity index (χ1) is 18.6. The van der Waals surface area contributed by atoms with E-state index in [9.17, 15) is 10.1 Å². The van der Waals surface area contributed by atoms with Crippen molar-refractivity contribution in [3.05, 3.63) is 88.5 Å². The zero-order valence-electron chi connectivity index (χ0n) is 21.0. The van der Waals surface area contributed by atoms with Crippen LogP contribution in [-0.2, 0) is 13.6 Å². The van der Waals surface area contributed by atoms with Crippen molar-refractivity contribution in [2.75, 3.05) is 0 Å². The van der Waals surface area contributed by atoms with Gasteiger partial charge in [-0.2, -0.15) is 5.26 Å². The summed E-state index contributed by atoms with van der Waals surface area (Å²) < 4.78 is 5.17. The van der Waals surface area contributed by atoms with Gasteiger partial charge in [0, 0.05) is 50.6 Å². The molecule has 1 aromatic carbocycles. The van der Waals surface area contributed by atoms with Crippen LogP contribution in [0.25, 0.3) is 33.8 Å². The molecule has 0 unspecified atom stereocenters. The van der Waals surface area contributed by atoms with Gasteiger partial charge in [0.15, 0.2) is 5.82 Å². The number of nitrogens with one attached hydrogen (secondary N) is 1. The monoisotopic (exact) mass is 504 g/mol. The highest BCUT2D eigenvalue weighted by Crippen LogP contribution is 2.41. The van der Waals surface area contributed by atoms with Crippen LogP contribution in [0.5, 0.6) is 0 Å². The quantitative estimate of drug-likeness (QED) is 0.356. The van der Waals surface area contributed by atoms with Crippen molar-refractivity contribution in [2.24, 2.45) is 7.05 Å². The average molecular weight is 505 g/mol. The molecule has 0 atom stereocenters. The van der Waals surface area contributed by atoms with Crippen LogP contribution in [0.1, 0.15) is 49.8 Å². The fourth-order valence-corrected chi connectivity index (χ4v) is 4.93. The molecule has 2 fully saturated rings. The van der Waals surface area contributed by atoms with Crippen LogP contribution < -0.4 is 11.0 Å². The minimum absolute atomic E-state index is 0. The van der Waals surface area contributed by atoms with Gasteiger partial charge >= 0.3 is 5.69 Å². The normalized spacial score (nSPS) is 15.2. The second kappa shape index (κ2) is 8.78. The summed E-state index contributed by atoms with van der Waals surface area (Å²) in [6.07, 6.45) is 10.0. The van der Waals surface area contributed by atoms with Crippen LogP contribution in [0.15, 0.2) is 66.0 Å². The van der Waals surface area contributed by atoms with Crippen LogP contribution in [0.3, 0.4) is 0 Å². The number of hydrogen-bond donors (Lipinski definition) is 1. The van der Waals surface area contributed by atoms with E-state index in [1.165, 1.54) is 12.8 Å². The summed E-state index contributed by atoms with van der Waals surface area (Å²) in [5.74, 6) is 1.64. The molecule has 1 N–H and O–H groups in total. The first-order valence-electron chi connectivity index (χ1n) is 12.9. The number of benzene rings is 1. The molecule has 9 nitrogen and oxygen atoms in total. The van der Waals surface area contributed by atoms with Crippen molar-refractivity contribution in [1.82, 2.24) is 34.0 Å². The summed E-state index contributed by atoms with van der Waals surface area (Å²) in [6.45, 7) is 0.751. The zero-order valence-corrected chi connectivity index (χ0v) is 21.0. The maximum Gasteiger partial charge on any atom is 0.338 e. The Morgan fingerprint density at radius 3 is 2.68 bits per heavy atom. The molecule has 9 heteroatoms. The molecule has 2 aliphatic rings. The first-order valence-corrected chi connectivity index (χ1v) is 12.9. The molecule has 0 bridgehead atoms. The fraction of sp³-hybridized carbons (Fsp3) is 0.276. The Bertz CT molecular complexity index is 1800. The van der Waals surface area contributed by atoms with Gasteiger partial charge < -0.3 is 9.88 Å². The molecule has 4 aromatic heterocycles. The number of aromatic nitrogens is 6. The van der Waals surface area contributed by atoms with Crippen LogP contribution in [0.4, 0.5) is 0 Å². The predicted octanol–water partition coefficient (Wildman–Crippen LogP) is 4.19. The Labute approximate surface area is 220 Å².